The van der Waals surface area contributed by atoms with Gasteiger partial charge in [0.05, 0.1) is 28.3 Å². The zero-order valence-corrected chi connectivity index (χ0v) is 33.8. The number of imide groups is 2. The zero-order valence-electron chi connectivity index (χ0n) is 33.0. The van der Waals surface area contributed by atoms with E-state index in [0.717, 1.165) is 62.7 Å². The van der Waals surface area contributed by atoms with Gasteiger partial charge in [0, 0.05) is 55.5 Å². The van der Waals surface area contributed by atoms with Crippen molar-refractivity contribution >= 4 is 47.0 Å². The molecule has 7 rings (SSSR count). The van der Waals surface area contributed by atoms with Crippen LogP contribution >= 0.6 is 11.6 Å². The number of carbonyl (C=O) groups is 5. The molecule has 0 radical (unpaired) electrons. The summed E-state index contributed by atoms with van der Waals surface area (Å²) in [6.45, 7) is 13.0. The molecule has 2 N–H and O–H groups in total. The second-order valence-electron chi connectivity index (χ2n) is 16.5. The van der Waals surface area contributed by atoms with Crippen molar-refractivity contribution in [3.8, 4) is 17.6 Å². The fourth-order valence-electron chi connectivity index (χ4n) is 8.96. The summed E-state index contributed by atoms with van der Waals surface area (Å²) < 4.78 is 12.2. The van der Waals surface area contributed by atoms with E-state index in [-0.39, 0.29) is 47.7 Å². The van der Waals surface area contributed by atoms with Crippen molar-refractivity contribution < 1.29 is 33.4 Å². The van der Waals surface area contributed by atoms with E-state index in [4.69, 9.17) is 21.1 Å². The van der Waals surface area contributed by atoms with E-state index < -0.39 is 40.5 Å². The lowest BCUT2D eigenvalue weighted by atomic mass is 9.49. The standard InChI is InChI=1S/C42H47ClN8O7/c1-41(2)39(42(3,4)40(41)58-27-9-8-25(24-44)30(43)23-27)46-35(53)31-12-14-33(48-47-31)50-19-17-49(18-20-50)16-6-5-7-21-57-26-10-11-28-29(22-26)38(56)51(37(28)55)32-13-15-34(52)45-36(32)54/h8-12,14,22-23,32,39-40H,5-7,13,15-21H2,1-4H3,(H,46,53)(H,45,52,54)/t32?,39-,40-. The van der Waals surface area contributed by atoms with Crippen LogP contribution in [0.25, 0.3) is 0 Å². The van der Waals surface area contributed by atoms with E-state index in [1.54, 1.807) is 42.5 Å². The Bertz CT molecular complexity index is 2150. The molecule has 1 saturated carbocycles. The molecular formula is C42H47ClN8O7. The highest BCUT2D eigenvalue weighted by molar-refractivity contribution is 6.31. The van der Waals surface area contributed by atoms with Gasteiger partial charge in [0.25, 0.3) is 17.7 Å². The number of rotatable bonds is 13. The number of benzene rings is 2. The molecule has 58 heavy (non-hydrogen) atoms. The molecule has 304 valence electrons. The SMILES string of the molecule is CC1(C)[C@H](NC(=O)c2ccc(N3CCN(CCCCCOc4ccc5c(c4)C(=O)N(C4CCC(=O)NC4=O)C5=O)CC3)nn2)C(C)(C)[C@H]1Oc1ccc(C#N)c(Cl)c1. The van der Waals surface area contributed by atoms with Crippen molar-refractivity contribution in [2.45, 2.75) is 78.0 Å². The molecule has 3 aromatic rings. The van der Waals surface area contributed by atoms with Gasteiger partial charge in [-0.1, -0.05) is 39.3 Å². The van der Waals surface area contributed by atoms with Crippen LogP contribution in [-0.2, 0) is 9.59 Å². The summed E-state index contributed by atoms with van der Waals surface area (Å²) in [5.41, 5.74) is 0.253. The Morgan fingerprint density at radius 2 is 1.64 bits per heavy atom. The van der Waals surface area contributed by atoms with Crippen LogP contribution in [0.2, 0.25) is 5.02 Å². The Morgan fingerprint density at radius 3 is 2.31 bits per heavy atom. The van der Waals surface area contributed by atoms with E-state index >= 15 is 0 Å². The highest BCUT2D eigenvalue weighted by atomic mass is 35.5. The molecule has 4 aliphatic rings. The molecule has 2 saturated heterocycles. The van der Waals surface area contributed by atoms with Crippen molar-refractivity contribution in [2.24, 2.45) is 10.8 Å². The number of nitriles is 1. The third-order valence-electron chi connectivity index (χ3n) is 11.8. The van der Waals surface area contributed by atoms with Crippen LogP contribution in [0.5, 0.6) is 11.5 Å². The number of hydrogen-bond acceptors (Lipinski definition) is 12. The van der Waals surface area contributed by atoms with E-state index in [2.05, 4.69) is 64.4 Å². The first-order valence-corrected chi connectivity index (χ1v) is 20.0. The summed E-state index contributed by atoms with van der Waals surface area (Å²) in [7, 11) is 0. The topological polar surface area (TPSA) is 187 Å². The van der Waals surface area contributed by atoms with Crippen molar-refractivity contribution in [3.05, 3.63) is 75.9 Å². The molecule has 3 fully saturated rings. The molecule has 1 atom stereocenters. The second-order valence-corrected chi connectivity index (χ2v) is 16.9. The predicted octanol–water partition coefficient (Wildman–Crippen LogP) is 4.39. The number of fused-ring (bicyclic) bond motifs is 1. The first-order chi connectivity index (χ1) is 27.7. The van der Waals surface area contributed by atoms with Crippen LogP contribution in [0.15, 0.2) is 48.5 Å². The first kappa shape index (κ1) is 40.6. The number of piperazine rings is 1. The minimum Gasteiger partial charge on any atom is -0.494 e. The van der Waals surface area contributed by atoms with Gasteiger partial charge in [-0.05, 0) is 74.7 Å². The molecule has 2 aromatic carbocycles. The van der Waals surface area contributed by atoms with Crippen molar-refractivity contribution in [1.29, 1.82) is 5.26 Å². The normalized spacial score (nSPS) is 22.4. The minimum absolute atomic E-state index is 0.0700. The molecule has 16 heteroatoms. The number of ether oxygens (including phenoxy) is 2. The number of halogens is 1. The maximum atomic E-state index is 13.3. The first-order valence-electron chi connectivity index (χ1n) is 19.7. The number of nitrogens with one attached hydrogen (secondary N) is 2. The van der Waals surface area contributed by atoms with E-state index in [1.165, 1.54) is 0 Å². The number of piperidine rings is 1. The Kier molecular flexibility index (Phi) is 11.4. The van der Waals surface area contributed by atoms with Crippen molar-refractivity contribution in [3.63, 3.8) is 0 Å². The van der Waals surface area contributed by atoms with Gasteiger partial charge >= 0.3 is 0 Å². The largest absolute Gasteiger partial charge is 0.494 e. The fraction of sp³-hybridized carbons (Fsp3) is 0.476. The zero-order chi connectivity index (χ0) is 41.4. The Balaban J connectivity index is 0.807. The maximum Gasteiger partial charge on any atom is 0.272 e. The van der Waals surface area contributed by atoms with E-state index in [9.17, 15) is 29.2 Å². The number of aromatic nitrogens is 2. The lowest BCUT2D eigenvalue weighted by molar-refractivity contribution is -0.164. The van der Waals surface area contributed by atoms with Gasteiger partial charge in [0.15, 0.2) is 11.5 Å². The number of anilines is 1. The molecule has 3 aliphatic heterocycles. The molecule has 1 aliphatic carbocycles. The maximum absolute atomic E-state index is 13.3. The molecule has 1 unspecified atom stereocenters. The number of unbranched alkanes of at least 4 members (excludes halogenated alkanes) is 2. The lowest BCUT2D eigenvalue weighted by Gasteiger charge is -2.63. The summed E-state index contributed by atoms with van der Waals surface area (Å²) in [5.74, 6) is -0.655. The van der Waals surface area contributed by atoms with Gasteiger partial charge in [-0.3, -0.25) is 39.1 Å². The summed E-state index contributed by atoms with van der Waals surface area (Å²) >= 11 is 6.23. The Morgan fingerprint density at radius 1 is 0.914 bits per heavy atom. The number of amides is 5. The van der Waals surface area contributed by atoms with Crippen LogP contribution in [-0.4, -0.2) is 107 Å². The van der Waals surface area contributed by atoms with Crippen LogP contribution in [0, 0.1) is 22.2 Å². The predicted molar refractivity (Wildman–Crippen MR) is 213 cm³/mol. The average molecular weight is 811 g/mol. The summed E-state index contributed by atoms with van der Waals surface area (Å²) in [5, 5.41) is 23.6. The fourth-order valence-corrected chi connectivity index (χ4v) is 9.17. The Labute approximate surface area is 342 Å². The number of hydrogen-bond donors (Lipinski definition) is 2. The third kappa shape index (κ3) is 7.95. The van der Waals surface area contributed by atoms with Crippen LogP contribution in [0.1, 0.15) is 96.6 Å². The number of nitrogens with zero attached hydrogens (tertiary/aromatic N) is 6. The lowest BCUT2D eigenvalue weighted by Crippen LogP contribution is -2.74. The smallest absolute Gasteiger partial charge is 0.272 e. The van der Waals surface area contributed by atoms with E-state index in [0.29, 0.717) is 28.7 Å². The van der Waals surface area contributed by atoms with Gasteiger partial charge < -0.3 is 19.7 Å². The molecule has 1 aromatic heterocycles. The molecule has 0 spiro atoms. The van der Waals surface area contributed by atoms with Gasteiger partial charge in [-0.25, -0.2) is 0 Å². The second kappa shape index (κ2) is 16.3. The molecular weight excluding hydrogens is 764 g/mol. The highest BCUT2D eigenvalue weighted by Gasteiger charge is 2.64. The van der Waals surface area contributed by atoms with Crippen LogP contribution in [0.4, 0.5) is 5.82 Å². The van der Waals surface area contributed by atoms with Gasteiger partial charge in [0.2, 0.25) is 11.8 Å². The van der Waals surface area contributed by atoms with E-state index in [1.807, 2.05) is 6.07 Å². The molecule has 0 bridgehead atoms. The molecule has 4 heterocycles. The quantitative estimate of drug-likeness (QED) is 0.184. The van der Waals surface area contributed by atoms with Crippen LogP contribution in [0.3, 0.4) is 0 Å². The third-order valence-corrected chi connectivity index (χ3v) is 12.1. The Hall–Kier alpha value is -5.59. The summed E-state index contributed by atoms with van der Waals surface area (Å²) in [4.78, 5) is 68.7. The average Bonchev–Trinajstić information content (AvgIpc) is 3.45. The van der Waals surface area contributed by atoms with Crippen LogP contribution < -0.4 is 25.0 Å². The summed E-state index contributed by atoms with van der Waals surface area (Å²) in [6, 6.07) is 14.2. The minimum atomic E-state index is -1.00. The van der Waals surface area contributed by atoms with Crippen molar-refractivity contribution in [1.82, 2.24) is 30.6 Å². The monoisotopic (exact) mass is 810 g/mol. The van der Waals surface area contributed by atoms with Gasteiger partial charge in [-0.15, -0.1) is 10.2 Å². The van der Waals surface area contributed by atoms with Gasteiger partial charge in [0.1, 0.15) is 29.7 Å². The number of carbonyl (C=O) groups excluding carboxylic acids is 5. The summed E-state index contributed by atoms with van der Waals surface area (Å²) in [6.07, 6.45) is 2.73. The molecule has 5 amide bonds. The van der Waals surface area contributed by atoms with Gasteiger partial charge in [-0.2, -0.15) is 5.26 Å². The van der Waals surface area contributed by atoms with Crippen molar-refractivity contribution in [2.75, 3.05) is 44.2 Å². The highest BCUT2D eigenvalue weighted by Crippen LogP contribution is 2.55. The molecule has 15 nitrogen and oxygen atoms in total.